The number of aromatic amines is 1. The van der Waals surface area contributed by atoms with Crippen molar-refractivity contribution in [2.24, 2.45) is 0 Å². The molecule has 3 heterocycles. The van der Waals surface area contributed by atoms with Crippen LogP contribution in [0.15, 0.2) is 63.4 Å². The number of rotatable bonds is 5. The van der Waals surface area contributed by atoms with E-state index >= 15 is 0 Å². The highest BCUT2D eigenvalue weighted by Crippen LogP contribution is 2.37. The van der Waals surface area contributed by atoms with Crippen molar-refractivity contribution < 1.29 is 4.74 Å². The average Bonchev–Trinajstić information content (AvgIpc) is 3.42. The number of benzene rings is 2. The quantitative estimate of drug-likeness (QED) is 0.502. The van der Waals surface area contributed by atoms with Gasteiger partial charge in [-0.25, -0.2) is 4.68 Å². The molecule has 0 unspecified atom stereocenters. The highest BCUT2D eigenvalue weighted by Gasteiger charge is 2.22. The van der Waals surface area contributed by atoms with Gasteiger partial charge >= 0.3 is 0 Å². The van der Waals surface area contributed by atoms with Gasteiger partial charge in [-0.3, -0.25) is 4.79 Å². The molecule has 2 aromatic carbocycles. The van der Waals surface area contributed by atoms with Gasteiger partial charge < -0.3 is 9.72 Å². The number of nitrogens with zero attached hydrogens (tertiary/aromatic N) is 4. The molecule has 1 aliphatic heterocycles. The summed E-state index contributed by atoms with van der Waals surface area (Å²) in [6, 6.07) is 15.3. The van der Waals surface area contributed by atoms with Crippen molar-refractivity contribution in [2.45, 2.75) is 35.5 Å². The van der Waals surface area contributed by atoms with Crippen LogP contribution in [-0.4, -0.2) is 37.9 Å². The molecule has 0 bridgehead atoms. The first kappa shape index (κ1) is 19.3. The van der Waals surface area contributed by atoms with Crippen molar-refractivity contribution in [2.75, 3.05) is 6.61 Å². The Balaban J connectivity index is 1.64. The van der Waals surface area contributed by atoms with Crippen molar-refractivity contribution in [1.29, 1.82) is 0 Å². The molecule has 1 aliphatic rings. The Hall–Kier alpha value is -2.68. The summed E-state index contributed by atoms with van der Waals surface area (Å²) < 4.78 is 7.42. The molecule has 5 rings (SSSR count). The summed E-state index contributed by atoms with van der Waals surface area (Å²) in [5, 5.41) is 14.1. The average molecular weight is 440 g/mol. The van der Waals surface area contributed by atoms with Gasteiger partial charge in [-0.2, -0.15) is 0 Å². The predicted molar refractivity (Wildman–Crippen MR) is 116 cm³/mol. The van der Waals surface area contributed by atoms with Crippen LogP contribution >= 0.6 is 23.4 Å². The first-order chi connectivity index (χ1) is 14.7. The number of fused-ring (bicyclic) bond motifs is 1. The van der Waals surface area contributed by atoms with E-state index in [1.54, 1.807) is 10.7 Å². The maximum atomic E-state index is 13.1. The Morgan fingerprint density at radius 1 is 1.23 bits per heavy atom. The summed E-state index contributed by atoms with van der Waals surface area (Å²) in [6.45, 7) is 1.33. The number of halogens is 1. The second-order valence-corrected chi connectivity index (χ2v) is 8.51. The van der Waals surface area contributed by atoms with Crippen molar-refractivity contribution >= 4 is 34.3 Å². The minimum Gasteiger partial charge on any atom is -0.376 e. The van der Waals surface area contributed by atoms with Gasteiger partial charge in [0, 0.05) is 28.1 Å². The number of H-pyrrole nitrogens is 1. The van der Waals surface area contributed by atoms with Crippen LogP contribution in [-0.2, 0) is 11.3 Å². The molecule has 0 saturated carbocycles. The van der Waals surface area contributed by atoms with E-state index in [0.717, 1.165) is 41.5 Å². The lowest BCUT2D eigenvalue weighted by Gasteiger charge is -2.14. The molecule has 1 N–H and O–H groups in total. The Bertz CT molecular complexity index is 1250. The maximum absolute atomic E-state index is 13.1. The van der Waals surface area contributed by atoms with E-state index in [2.05, 4.69) is 20.5 Å². The summed E-state index contributed by atoms with van der Waals surface area (Å²) in [6.07, 6.45) is 2.11. The third kappa shape index (κ3) is 3.74. The SMILES string of the molecule is O=c1[nH]c2ccc(Cl)cc2c(-c2ccccc2)c1Sc1nnnn1C[C@H]1CCCO1. The van der Waals surface area contributed by atoms with Crippen LogP contribution in [0.1, 0.15) is 12.8 Å². The van der Waals surface area contributed by atoms with Gasteiger partial charge in [0.15, 0.2) is 0 Å². The molecule has 0 amide bonds. The van der Waals surface area contributed by atoms with Crippen LogP contribution in [0.2, 0.25) is 5.02 Å². The fourth-order valence-electron chi connectivity index (χ4n) is 3.69. The molecule has 30 heavy (non-hydrogen) atoms. The summed E-state index contributed by atoms with van der Waals surface area (Å²) in [5.41, 5.74) is 2.27. The van der Waals surface area contributed by atoms with Crippen molar-refractivity contribution in [3.05, 3.63) is 63.9 Å². The first-order valence-corrected chi connectivity index (χ1v) is 10.8. The van der Waals surface area contributed by atoms with E-state index in [0.29, 0.717) is 21.6 Å². The fraction of sp³-hybridized carbons (Fsp3) is 0.238. The van der Waals surface area contributed by atoms with Gasteiger partial charge in [0.25, 0.3) is 5.56 Å². The number of tetrazole rings is 1. The van der Waals surface area contributed by atoms with Gasteiger partial charge in [0.2, 0.25) is 5.16 Å². The molecule has 0 spiro atoms. The molecule has 1 fully saturated rings. The number of hydrogen-bond donors (Lipinski definition) is 1. The Kier molecular flexibility index (Phi) is 5.28. The highest BCUT2D eigenvalue weighted by atomic mass is 35.5. The highest BCUT2D eigenvalue weighted by molar-refractivity contribution is 7.99. The smallest absolute Gasteiger partial charge is 0.263 e. The number of nitrogens with one attached hydrogen (secondary N) is 1. The van der Waals surface area contributed by atoms with Crippen LogP contribution in [0.5, 0.6) is 0 Å². The lowest BCUT2D eigenvalue weighted by atomic mass is 10.0. The molecule has 0 aliphatic carbocycles. The first-order valence-electron chi connectivity index (χ1n) is 9.65. The third-order valence-corrected chi connectivity index (χ3v) is 6.39. The normalized spacial score (nSPS) is 16.4. The Labute approximate surface area is 181 Å². The fourth-order valence-corrected chi connectivity index (χ4v) is 4.81. The molecule has 1 saturated heterocycles. The van der Waals surface area contributed by atoms with Crippen molar-refractivity contribution in [1.82, 2.24) is 25.2 Å². The number of hydrogen-bond acceptors (Lipinski definition) is 6. The zero-order valence-corrected chi connectivity index (χ0v) is 17.5. The van der Waals surface area contributed by atoms with E-state index in [1.807, 2.05) is 42.5 Å². The molecule has 9 heteroatoms. The zero-order valence-electron chi connectivity index (χ0n) is 15.9. The molecule has 7 nitrogen and oxygen atoms in total. The second kappa shape index (κ2) is 8.22. The van der Waals surface area contributed by atoms with Crippen LogP contribution in [0, 0.1) is 0 Å². The van der Waals surface area contributed by atoms with E-state index in [4.69, 9.17) is 16.3 Å². The summed E-state index contributed by atoms with van der Waals surface area (Å²) in [5.74, 6) is 0. The monoisotopic (exact) mass is 439 g/mol. The van der Waals surface area contributed by atoms with Crippen LogP contribution in [0.3, 0.4) is 0 Å². The largest absolute Gasteiger partial charge is 0.376 e. The van der Waals surface area contributed by atoms with Crippen LogP contribution < -0.4 is 5.56 Å². The van der Waals surface area contributed by atoms with Crippen LogP contribution in [0.25, 0.3) is 22.0 Å². The topological polar surface area (TPSA) is 85.7 Å². The molecule has 4 aromatic rings. The minimum absolute atomic E-state index is 0.0927. The molecule has 0 radical (unpaired) electrons. The molecular weight excluding hydrogens is 422 g/mol. The van der Waals surface area contributed by atoms with E-state index in [-0.39, 0.29) is 11.7 Å². The standard InChI is InChI=1S/C21H18ClN5O2S/c22-14-8-9-17-16(11-14)18(13-5-2-1-3-6-13)19(20(28)23-17)30-21-24-25-26-27(21)12-15-7-4-10-29-15/h1-3,5-6,8-9,11,15H,4,7,10,12H2,(H,23,28)/t15-/m1/s1. The van der Waals surface area contributed by atoms with Gasteiger partial charge in [-0.05, 0) is 58.8 Å². The van der Waals surface area contributed by atoms with Gasteiger partial charge in [-0.15, -0.1) is 5.10 Å². The molecular formula is C21H18ClN5O2S. The van der Waals surface area contributed by atoms with Crippen molar-refractivity contribution in [3.63, 3.8) is 0 Å². The molecule has 1 atom stereocenters. The number of ether oxygens (including phenoxy) is 1. The predicted octanol–water partition coefficient (Wildman–Crippen LogP) is 4.17. The van der Waals surface area contributed by atoms with Crippen LogP contribution in [0.4, 0.5) is 0 Å². The van der Waals surface area contributed by atoms with E-state index in [9.17, 15) is 4.79 Å². The number of aromatic nitrogens is 5. The van der Waals surface area contributed by atoms with Gasteiger partial charge in [0.1, 0.15) is 0 Å². The molecule has 2 aromatic heterocycles. The second-order valence-electron chi connectivity index (χ2n) is 7.09. The summed E-state index contributed by atoms with van der Waals surface area (Å²) >= 11 is 7.54. The lowest BCUT2D eigenvalue weighted by molar-refractivity contribution is 0.0912. The minimum atomic E-state index is -0.194. The van der Waals surface area contributed by atoms with E-state index in [1.165, 1.54) is 11.8 Å². The van der Waals surface area contributed by atoms with Gasteiger partial charge in [-0.1, -0.05) is 41.9 Å². The summed E-state index contributed by atoms with van der Waals surface area (Å²) in [7, 11) is 0. The third-order valence-electron chi connectivity index (χ3n) is 5.09. The zero-order chi connectivity index (χ0) is 20.5. The number of pyridine rings is 1. The lowest BCUT2D eigenvalue weighted by Crippen LogP contribution is -2.17. The van der Waals surface area contributed by atoms with Crippen molar-refractivity contribution in [3.8, 4) is 11.1 Å². The Morgan fingerprint density at radius 2 is 2.10 bits per heavy atom. The maximum Gasteiger partial charge on any atom is 0.263 e. The van der Waals surface area contributed by atoms with E-state index < -0.39 is 0 Å². The molecule has 152 valence electrons. The Morgan fingerprint density at radius 3 is 2.90 bits per heavy atom. The summed E-state index contributed by atoms with van der Waals surface area (Å²) in [4.78, 5) is 16.6. The van der Waals surface area contributed by atoms with Gasteiger partial charge in [0.05, 0.1) is 17.5 Å².